The Morgan fingerprint density at radius 3 is 2.77 bits per heavy atom. The summed E-state index contributed by atoms with van der Waals surface area (Å²) in [7, 11) is 1.90. The lowest BCUT2D eigenvalue weighted by Gasteiger charge is -2.07. The van der Waals surface area contributed by atoms with Crippen LogP contribution in [0.4, 0.5) is 4.79 Å². The molecule has 1 fully saturated rings. The molecule has 2 amide bonds. The van der Waals surface area contributed by atoms with Crippen LogP contribution in [0, 0.1) is 0 Å². The minimum Gasteiger partial charge on any atom is -0.480 e. The number of thioether (sulfide) groups is 1. The van der Waals surface area contributed by atoms with E-state index in [-0.39, 0.29) is 4.91 Å². The highest BCUT2D eigenvalue weighted by Crippen LogP contribution is 2.33. The molecule has 2 heterocycles. The number of carboxylic acids is 1. The molecule has 1 aromatic carbocycles. The summed E-state index contributed by atoms with van der Waals surface area (Å²) < 4.78 is 1.93. The fourth-order valence-corrected chi connectivity index (χ4v) is 3.23. The van der Waals surface area contributed by atoms with E-state index >= 15 is 0 Å². The van der Waals surface area contributed by atoms with Gasteiger partial charge in [0.25, 0.3) is 11.1 Å². The Hall–Kier alpha value is -2.54. The van der Waals surface area contributed by atoms with Gasteiger partial charge in [0.05, 0.1) is 4.91 Å². The van der Waals surface area contributed by atoms with E-state index in [0.29, 0.717) is 0 Å². The zero-order valence-electron chi connectivity index (χ0n) is 11.6. The average molecular weight is 316 g/mol. The van der Waals surface area contributed by atoms with Crippen molar-refractivity contribution >= 4 is 45.9 Å². The molecular weight excluding hydrogens is 304 g/mol. The van der Waals surface area contributed by atoms with Crippen LogP contribution < -0.4 is 0 Å². The van der Waals surface area contributed by atoms with Crippen molar-refractivity contribution in [3.8, 4) is 0 Å². The second-order valence-electron chi connectivity index (χ2n) is 4.87. The van der Waals surface area contributed by atoms with Crippen molar-refractivity contribution in [1.29, 1.82) is 0 Å². The zero-order valence-corrected chi connectivity index (χ0v) is 12.5. The number of aliphatic carboxylic acids is 1. The molecular formula is C15H12N2O4S. The highest BCUT2D eigenvalue weighted by molar-refractivity contribution is 8.18. The largest absolute Gasteiger partial charge is 0.480 e. The summed E-state index contributed by atoms with van der Waals surface area (Å²) in [6.45, 7) is -0.614. The second-order valence-corrected chi connectivity index (χ2v) is 5.87. The number of aromatic nitrogens is 1. The molecule has 0 spiro atoms. The fraction of sp³-hybridized carbons (Fsp3) is 0.133. The molecule has 3 rings (SSSR count). The summed E-state index contributed by atoms with van der Waals surface area (Å²) in [5, 5.41) is 9.16. The molecule has 1 aromatic heterocycles. The molecule has 0 saturated carbocycles. The summed E-state index contributed by atoms with van der Waals surface area (Å²) in [6.07, 6.45) is 3.50. The van der Waals surface area contributed by atoms with Gasteiger partial charge >= 0.3 is 5.97 Å². The maximum Gasteiger partial charge on any atom is 0.323 e. The van der Waals surface area contributed by atoms with Gasteiger partial charge in [0, 0.05) is 29.7 Å². The molecule has 22 heavy (non-hydrogen) atoms. The van der Waals surface area contributed by atoms with Crippen molar-refractivity contribution in [2.75, 3.05) is 6.54 Å². The first-order valence-electron chi connectivity index (χ1n) is 6.48. The van der Waals surface area contributed by atoms with Crippen LogP contribution in [-0.2, 0) is 16.6 Å². The smallest absolute Gasteiger partial charge is 0.323 e. The maximum absolute atomic E-state index is 12.1. The highest BCUT2D eigenvalue weighted by Gasteiger charge is 2.36. The van der Waals surface area contributed by atoms with Gasteiger partial charge in [0.1, 0.15) is 6.54 Å². The number of imide groups is 1. The second kappa shape index (κ2) is 5.34. The minimum atomic E-state index is -1.21. The maximum atomic E-state index is 12.1. The molecule has 0 aliphatic carbocycles. The predicted octanol–water partition coefficient (Wildman–Crippen LogP) is 2.30. The summed E-state index contributed by atoms with van der Waals surface area (Å²) in [4.78, 5) is 35.6. The van der Waals surface area contributed by atoms with Crippen LogP contribution >= 0.6 is 11.8 Å². The van der Waals surface area contributed by atoms with E-state index in [1.165, 1.54) is 0 Å². The number of carboxylic acid groups (broad SMARTS) is 1. The van der Waals surface area contributed by atoms with Crippen LogP contribution in [0.3, 0.4) is 0 Å². The van der Waals surface area contributed by atoms with Gasteiger partial charge < -0.3 is 9.67 Å². The Morgan fingerprint density at radius 1 is 1.32 bits per heavy atom. The number of hydrogen-bond acceptors (Lipinski definition) is 4. The van der Waals surface area contributed by atoms with E-state index < -0.39 is 23.7 Å². The summed E-state index contributed by atoms with van der Waals surface area (Å²) in [6, 6.07) is 7.72. The van der Waals surface area contributed by atoms with Crippen LogP contribution in [0.5, 0.6) is 0 Å². The topological polar surface area (TPSA) is 79.6 Å². The van der Waals surface area contributed by atoms with Gasteiger partial charge in [-0.25, -0.2) is 0 Å². The van der Waals surface area contributed by atoms with E-state index in [9.17, 15) is 14.4 Å². The highest BCUT2D eigenvalue weighted by atomic mass is 32.2. The lowest BCUT2D eigenvalue weighted by molar-refractivity contribution is -0.140. The molecule has 0 atom stereocenters. The summed E-state index contributed by atoms with van der Waals surface area (Å²) in [5.41, 5.74) is 1.83. The quantitative estimate of drug-likeness (QED) is 0.879. The van der Waals surface area contributed by atoms with E-state index in [4.69, 9.17) is 5.11 Å². The number of carbonyl (C=O) groups is 3. The number of carbonyl (C=O) groups excluding carboxylic acids is 2. The molecule has 112 valence electrons. The number of amides is 2. The first-order valence-corrected chi connectivity index (χ1v) is 7.30. The number of aryl methyl sites for hydroxylation is 1. The van der Waals surface area contributed by atoms with Crippen LogP contribution in [-0.4, -0.2) is 38.2 Å². The van der Waals surface area contributed by atoms with Gasteiger partial charge in [-0.2, -0.15) is 0 Å². The van der Waals surface area contributed by atoms with Gasteiger partial charge in [-0.05, 0) is 23.9 Å². The molecule has 1 saturated heterocycles. The predicted molar refractivity (Wildman–Crippen MR) is 83.2 cm³/mol. The molecule has 7 heteroatoms. The lowest BCUT2D eigenvalue weighted by Crippen LogP contribution is -2.33. The fourth-order valence-electron chi connectivity index (χ4n) is 2.40. The summed E-state index contributed by atoms with van der Waals surface area (Å²) in [5.74, 6) is -1.78. The Morgan fingerprint density at radius 2 is 2.05 bits per heavy atom. The molecule has 1 aliphatic rings. The average Bonchev–Trinajstić information content (AvgIpc) is 2.92. The van der Waals surface area contributed by atoms with Crippen molar-refractivity contribution in [3.63, 3.8) is 0 Å². The van der Waals surface area contributed by atoms with Crippen LogP contribution in [0.2, 0.25) is 0 Å². The first-order chi connectivity index (χ1) is 10.5. The van der Waals surface area contributed by atoms with Crippen molar-refractivity contribution in [1.82, 2.24) is 9.47 Å². The van der Waals surface area contributed by atoms with Gasteiger partial charge in [0.2, 0.25) is 0 Å². The van der Waals surface area contributed by atoms with Crippen molar-refractivity contribution in [3.05, 3.63) is 40.9 Å². The SMILES string of the molecule is Cn1cc(/C=C2/SC(=O)N(CC(=O)O)C2=O)c2ccccc21. The summed E-state index contributed by atoms with van der Waals surface area (Å²) >= 11 is 0.762. The third-order valence-electron chi connectivity index (χ3n) is 3.38. The Balaban J connectivity index is 2.00. The number of fused-ring (bicyclic) bond motifs is 1. The minimum absolute atomic E-state index is 0.239. The molecule has 0 unspecified atom stereocenters. The number of para-hydroxylation sites is 1. The zero-order chi connectivity index (χ0) is 15.9. The Bertz CT molecular complexity index is 837. The van der Waals surface area contributed by atoms with Crippen LogP contribution in [0.15, 0.2) is 35.4 Å². The van der Waals surface area contributed by atoms with Gasteiger partial charge in [-0.3, -0.25) is 19.3 Å². The molecule has 0 radical (unpaired) electrons. The number of nitrogens with zero attached hydrogens (tertiary/aromatic N) is 2. The molecule has 1 aliphatic heterocycles. The van der Waals surface area contributed by atoms with E-state index in [1.54, 1.807) is 6.08 Å². The van der Waals surface area contributed by atoms with E-state index in [1.807, 2.05) is 42.1 Å². The molecule has 2 aromatic rings. The van der Waals surface area contributed by atoms with Crippen molar-refractivity contribution in [2.45, 2.75) is 0 Å². The van der Waals surface area contributed by atoms with E-state index in [2.05, 4.69) is 0 Å². The molecule has 1 N–H and O–H groups in total. The standard InChI is InChI=1S/C15H12N2O4S/c1-16-7-9(10-4-2-3-5-11(10)16)6-12-14(20)17(8-13(18)19)15(21)22-12/h2-7H,8H2,1H3,(H,18,19)/b12-6+. The normalized spacial score (nSPS) is 17.0. The third-order valence-corrected chi connectivity index (χ3v) is 4.29. The van der Waals surface area contributed by atoms with Crippen molar-refractivity contribution in [2.24, 2.45) is 7.05 Å². The lowest BCUT2D eigenvalue weighted by atomic mass is 10.1. The Labute approximate surface area is 130 Å². The first kappa shape index (κ1) is 14.4. The molecule has 0 bridgehead atoms. The monoisotopic (exact) mass is 316 g/mol. The van der Waals surface area contributed by atoms with Crippen LogP contribution in [0.1, 0.15) is 5.56 Å². The third kappa shape index (κ3) is 2.39. The van der Waals surface area contributed by atoms with Crippen molar-refractivity contribution < 1.29 is 19.5 Å². The number of benzene rings is 1. The van der Waals surface area contributed by atoms with E-state index in [0.717, 1.165) is 33.1 Å². The Kier molecular flexibility index (Phi) is 3.50. The van der Waals surface area contributed by atoms with Gasteiger partial charge in [-0.1, -0.05) is 18.2 Å². The number of rotatable bonds is 3. The number of hydrogen-bond donors (Lipinski definition) is 1. The molecule has 6 nitrogen and oxygen atoms in total. The van der Waals surface area contributed by atoms with Gasteiger partial charge in [0.15, 0.2) is 0 Å². The van der Waals surface area contributed by atoms with Crippen LogP contribution in [0.25, 0.3) is 17.0 Å². The van der Waals surface area contributed by atoms with Gasteiger partial charge in [-0.15, -0.1) is 0 Å².